The lowest BCUT2D eigenvalue weighted by Gasteiger charge is -2.12. The Hall–Kier alpha value is -4.61. The molecule has 0 atom stereocenters. The molecule has 9 nitrogen and oxygen atoms in total. The van der Waals surface area contributed by atoms with Gasteiger partial charge in [0.1, 0.15) is 28.9 Å². The van der Waals surface area contributed by atoms with Crippen LogP contribution in [0.2, 0.25) is 0 Å². The number of hydrogen-bond acceptors (Lipinski definition) is 6. The molecule has 5 N–H and O–H groups in total. The van der Waals surface area contributed by atoms with Crippen LogP contribution in [-0.2, 0) is 10.0 Å². The monoisotopic (exact) mass is 503 g/mol. The molecule has 5 aromatic rings. The van der Waals surface area contributed by atoms with Crippen LogP contribution >= 0.6 is 0 Å². The van der Waals surface area contributed by atoms with E-state index in [0.717, 1.165) is 6.07 Å². The summed E-state index contributed by atoms with van der Waals surface area (Å²) in [6.07, 6.45) is 2.84. The zero-order valence-electron chi connectivity index (χ0n) is 18.5. The molecular weight excluding hydrogens is 485 g/mol. The summed E-state index contributed by atoms with van der Waals surface area (Å²) in [6, 6.07) is 16.5. The van der Waals surface area contributed by atoms with Crippen molar-refractivity contribution in [1.82, 2.24) is 14.5 Å². The minimum atomic E-state index is -4.03. The van der Waals surface area contributed by atoms with Gasteiger partial charge < -0.3 is 10.8 Å². The fraction of sp³-hybridized carbons (Fsp3) is 0. The summed E-state index contributed by atoms with van der Waals surface area (Å²) < 4.78 is 40.8. The summed E-state index contributed by atoms with van der Waals surface area (Å²) in [4.78, 5) is 19.9. The van der Waals surface area contributed by atoms with Gasteiger partial charge in [0.15, 0.2) is 5.75 Å². The second-order valence-corrected chi connectivity index (χ2v) is 9.48. The third kappa shape index (κ3) is 3.96. The average Bonchev–Trinajstić information content (AvgIpc) is 3.29. The van der Waals surface area contributed by atoms with E-state index in [4.69, 9.17) is 10.9 Å². The first-order chi connectivity index (χ1) is 17.1. The smallest absolute Gasteiger partial charge is 0.248 e. The average molecular weight is 504 g/mol. The summed E-state index contributed by atoms with van der Waals surface area (Å²) >= 11 is 0. The van der Waals surface area contributed by atoms with Crippen LogP contribution in [0.4, 0.5) is 4.39 Å². The number of pyridine rings is 1. The molecule has 36 heavy (non-hydrogen) atoms. The summed E-state index contributed by atoms with van der Waals surface area (Å²) in [7, 11) is -4.03. The minimum absolute atomic E-state index is 0.00938. The first kappa shape index (κ1) is 23.1. The summed E-state index contributed by atoms with van der Waals surface area (Å²) in [5, 5.41) is 16.4. The number of aromatic nitrogens is 3. The van der Waals surface area contributed by atoms with Crippen molar-refractivity contribution in [2.75, 3.05) is 0 Å². The number of benzene rings is 3. The number of rotatable bonds is 5. The number of hydrogen-bond donors (Lipinski definition) is 3. The van der Waals surface area contributed by atoms with E-state index in [2.05, 4.69) is 9.97 Å². The molecule has 11 heteroatoms. The largest absolute Gasteiger partial charge is 0.504 e. The summed E-state index contributed by atoms with van der Waals surface area (Å²) in [5.41, 5.74) is 7.23. The highest BCUT2D eigenvalue weighted by molar-refractivity contribution is 7.89. The first-order valence-electron chi connectivity index (χ1n) is 10.5. The van der Waals surface area contributed by atoms with Gasteiger partial charge in [0, 0.05) is 22.4 Å². The van der Waals surface area contributed by atoms with Crippen LogP contribution in [-0.4, -0.2) is 34.0 Å². The zero-order valence-corrected chi connectivity index (χ0v) is 19.3. The van der Waals surface area contributed by atoms with E-state index < -0.39 is 21.7 Å². The second-order valence-electron chi connectivity index (χ2n) is 7.95. The lowest BCUT2D eigenvalue weighted by molar-refractivity contribution is 0.1000. The van der Waals surface area contributed by atoms with Crippen molar-refractivity contribution >= 4 is 27.0 Å². The van der Waals surface area contributed by atoms with Gasteiger partial charge in [-0.1, -0.05) is 30.3 Å². The van der Waals surface area contributed by atoms with Crippen LogP contribution in [0.1, 0.15) is 10.4 Å². The number of imidazole rings is 1. The Labute approximate surface area is 204 Å². The molecule has 5 rings (SSSR count). The van der Waals surface area contributed by atoms with Gasteiger partial charge in [-0.3, -0.25) is 9.36 Å². The Morgan fingerprint density at radius 1 is 0.972 bits per heavy atom. The quantitative estimate of drug-likeness (QED) is 0.334. The Morgan fingerprint density at radius 2 is 1.75 bits per heavy atom. The number of primary sulfonamides is 1. The van der Waals surface area contributed by atoms with E-state index in [0.29, 0.717) is 11.2 Å². The SMILES string of the molecule is NC(=O)c1cccc(-n2cnc3cnc(-c4ccc(-c5ccccc5S(N)(=O)=O)cc4F)c(O)c32)c1. The molecule has 0 radical (unpaired) electrons. The topological polar surface area (TPSA) is 154 Å². The molecule has 2 heterocycles. The number of sulfonamides is 1. The number of halogens is 1. The molecule has 0 aliphatic carbocycles. The van der Waals surface area contributed by atoms with Crippen LogP contribution in [0.3, 0.4) is 0 Å². The number of aromatic hydroxyl groups is 1. The van der Waals surface area contributed by atoms with Crippen molar-refractivity contribution in [3.8, 4) is 33.8 Å². The summed E-state index contributed by atoms with van der Waals surface area (Å²) in [5.74, 6) is -1.68. The Kier molecular flexibility index (Phi) is 5.50. The van der Waals surface area contributed by atoms with Crippen molar-refractivity contribution in [3.05, 3.63) is 90.6 Å². The number of primary amides is 1. The molecule has 1 amide bonds. The van der Waals surface area contributed by atoms with E-state index in [9.17, 15) is 18.3 Å². The van der Waals surface area contributed by atoms with Crippen molar-refractivity contribution in [2.45, 2.75) is 4.90 Å². The molecule has 0 spiro atoms. The third-order valence-corrected chi connectivity index (χ3v) is 6.67. The van der Waals surface area contributed by atoms with E-state index in [1.54, 1.807) is 30.3 Å². The molecule has 180 valence electrons. The first-order valence-corrected chi connectivity index (χ1v) is 12.1. The van der Waals surface area contributed by atoms with Crippen molar-refractivity contribution in [1.29, 1.82) is 0 Å². The lowest BCUT2D eigenvalue weighted by atomic mass is 10.0. The highest BCUT2D eigenvalue weighted by atomic mass is 32.2. The van der Waals surface area contributed by atoms with Gasteiger partial charge in [-0.2, -0.15) is 0 Å². The molecule has 3 aromatic carbocycles. The van der Waals surface area contributed by atoms with E-state index in [-0.39, 0.29) is 44.1 Å². The van der Waals surface area contributed by atoms with Gasteiger partial charge in [-0.05, 0) is 42.0 Å². The summed E-state index contributed by atoms with van der Waals surface area (Å²) in [6.45, 7) is 0. The van der Waals surface area contributed by atoms with Crippen molar-refractivity contribution in [2.24, 2.45) is 10.9 Å². The maximum absolute atomic E-state index is 15.3. The second kappa shape index (κ2) is 8.56. The number of amides is 1. The predicted octanol–water partition coefficient (Wildman–Crippen LogP) is 3.35. The van der Waals surface area contributed by atoms with Crippen molar-refractivity contribution < 1.29 is 22.7 Å². The van der Waals surface area contributed by atoms with Crippen molar-refractivity contribution in [3.63, 3.8) is 0 Å². The Morgan fingerprint density at radius 3 is 2.47 bits per heavy atom. The van der Waals surface area contributed by atoms with Gasteiger partial charge in [-0.15, -0.1) is 0 Å². The van der Waals surface area contributed by atoms with Gasteiger partial charge in [-0.25, -0.2) is 27.9 Å². The Balaban J connectivity index is 1.64. The molecule has 0 unspecified atom stereocenters. The maximum Gasteiger partial charge on any atom is 0.248 e. The van der Waals surface area contributed by atoms with Crippen LogP contribution in [0.15, 0.2) is 84.1 Å². The third-order valence-electron chi connectivity index (χ3n) is 5.70. The Bertz CT molecular complexity index is 1780. The van der Waals surface area contributed by atoms with Crippen LogP contribution in [0.25, 0.3) is 39.1 Å². The number of carbonyl (C=O) groups is 1. The van der Waals surface area contributed by atoms with Gasteiger partial charge in [0.05, 0.1) is 11.1 Å². The normalized spacial score (nSPS) is 11.6. The van der Waals surface area contributed by atoms with Crippen LogP contribution in [0, 0.1) is 5.82 Å². The van der Waals surface area contributed by atoms with Crippen LogP contribution in [0.5, 0.6) is 5.75 Å². The molecule has 2 aromatic heterocycles. The van der Waals surface area contributed by atoms with E-state index in [1.165, 1.54) is 47.4 Å². The number of nitrogens with zero attached hydrogens (tertiary/aromatic N) is 3. The molecule has 0 fully saturated rings. The predicted molar refractivity (Wildman–Crippen MR) is 131 cm³/mol. The van der Waals surface area contributed by atoms with Gasteiger partial charge >= 0.3 is 0 Å². The van der Waals surface area contributed by atoms with E-state index >= 15 is 4.39 Å². The maximum atomic E-state index is 15.3. The lowest BCUT2D eigenvalue weighted by Crippen LogP contribution is -2.13. The number of fused-ring (bicyclic) bond motifs is 1. The minimum Gasteiger partial charge on any atom is -0.504 e. The number of carbonyl (C=O) groups excluding carboxylic acids is 1. The molecule has 0 aliphatic heterocycles. The number of nitrogens with two attached hydrogens (primary N) is 2. The molecule has 0 bridgehead atoms. The highest BCUT2D eigenvalue weighted by Crippen LogP contribution is 2.37. The fourth-order valence-corrected chi connectivity index (χ4v) is 4.78. The van der Waals surface area contributed by atoms with Gasteiger partial charge in [0.25, 0.3) is 0 Å². The zero-order chi connectivity index (χ0) is 25.6. The van der Waals surface area contributed by atoms with Crippen LogP contribution < -0.4 is 10.9 Å². The molecular formula is C25H18FN5O4S. The standard InChI is InChI=1S/C25H18FN5O4S/c26-19-11-14(17-6-1-2-7-21(17)36(28,34)35)8-9-18(19)22-24(32)23-20(12-29-22)30-13-31(23)16-5-3-4-15(10-16)25(27)33/h1-13,32H,(H2,27,33)(H2,28,34,35). The molecule has 0 saturated carbocycles. The van der Waals surface area contributed by atoms with Gasteiger partial charge in [0.2, 0.25) is 15.9 Å². The molecule has 0 saturated heterocycles. The molecule has 0 aliphatic rings. The fourth-order valence-electron chi connectivity index (χ4n) is 4.02. The van der Waals surface area contributed by atoms with E-state index in [1.807, 2.05) is 0 Å². The highest BCUT2D eigenvalue weighted by Gasteiger charge is 2.20.